The van der Waals surface area contributed by atoms with Crippen LogP contribution in [0, 0.1) is 19.8 Å². The van der Waals surface area contributed by atoms with Crippen LogP contribution in [0.1, 0.15) is 41.5 Å². The van der Waals surface area contributed by atoms with Crippen LogP contribution >= 0.6 is 0 Å². The summed E-state index contributed by atoms with van der Waals surface area (Å²) >= 11 is 0. The van der Waals surface area contributed by atoms with Gasteiger partial charge in [0.25, 0.3) is 5.91 Å². The maximum atomic E-state index is 12.5. The molecule has 1 aromatic carbocycles. The number of carbonyl (C=O) groups excluding carboxylic acids is 2. The summed E-state index contributed by atoms with van der Waals surface area (Å²) in [4.78, 5) is 26.6. The molecule has 26 heavy (non-hydrogen) atoms. The quantitative estimate of drug-likeness (QED) is 0.790. The molecule has 1 aliphatic rings. The minimum atomic E-state index is -0.446. The van der Waals surface area contributed by atoms with E-state index in [1.165, 1.54) is 0 Å². The van der Waals surface area contributed by atoms with E-state index in [1.807, 2.05) is 54.8 Å². The Balaban J connectivity index is 1.68. The molecular weight excluding hydrogens is 328 g/mol. The smallest absolute Gasteiger partial charge is 0.340 e. The summed E-state index contributed by atoms with van der Waals surface area (Å²) in [5.74, 6) is -0.0475. The van der Waals surface area contributed by atoms with E-state index in [-0.39, 0.29) is 12.5 Å². The number of para-hydroxylation sites is 1. The van der Waals surface area contributed by atoms with Crippen molar-refractivity contribution in [1.29, 1.82) is 0 Å². The van der Waals surface area contributed by atoms with Crippen molar-refractivity contribution in [1.82, 2.24) is 9.47 Å². The minimum absolute atomic E-state index is 0.109. The number of aromatic nitrogens is 1. The van der Waals surface area contributed by atoms with Gasteiger partial charge in [-0.05, 0) is 50.8 Å². The normalized spacial score (nSPS) is 17.2. The first-order valence-corrected chi connectivity index (χ1v) is 9.16. The van der Waals surface area contributed by atoms with E-state index in [0.29, 0.717) is 11.5 Å². The zero-order chi connectivity index (χ0) is 18.7. The molecule has 2 aromatic rings. The number of esters is 1. The topological polar surface area (TPSA) is 51.5 Å². The second-order valence-corrected chi connectivity index (χ2v) is 7.12. The molecule has 0 aliphatic carbocycles. The first kappa shape index (κ1) is 18.2. The summed E-state index contributed by atoms with van der Waals surface area (Å²) < 4.78 is 7.34. The maximum absolute atomic E-state index is 12.5. The van der Waals surface area contributed by atoms with Crippen LogP contribution in [0.25, 0.3) is 5.69 Å². The number of nitrogens with zero attached hydrogens (tertiary/aromatic N) is 2. The van der Waals surface area contributed by atoms with Crippen LogP contribution in [0.2, 0.25) is 0 Å². The lowest BCUT2D eigenvalue weighted by Gasteiger charge is -2.30. The van der Waals surface area contributed by atoms with Crippen LogP contribution in [-0.2, 0) is 9.53 Å². The summed E-state index contributed by atoms with van der Waals surface area (Å²) in [6, 6.07) is 11.7. The highest BCUT2D eigenvalue weighted by Gasteiger charge is 2.23. The molecule has 138 valence electrons. The van der Waals surface area contributed by atoms with E-state index in [1.54, 1.807) is 4.90 Å². The van der Waals surface area contributed by atoms with E-state index in [4.69, 9.17) is 4.74 Å². The maximum Gasteiger partial charge on any atom is 0.340 e. The van der Waals surface area contributed by atoms with Crippen molar-refractivity contribution < 1.29 is 14.3 Å². The molecule has 5 nitrogen and oxygen atoms in total. The minimum Gasteiger partial charge on any atom is -0.452 e. The summed E-state index contributed by atoms with van der Waals surface area (Å²) in [6.07, 6.45) is 2.16. The number of hydrogen-bond acceptors (Lipinski definition) is 3. The van der Waals surface area contributed by atoms with Crippen LogP contribution in [0.15, 0.2) is 36.4 Å². The molecule has 3 rings (SSSR count). The molecule has 1 unspecified atom stereocenters. The second-order valence-electron chi connectivity index (χ2n) is 7.12. The Labute approximate surface area is 154 Å². The zero-order valence-corrected chi connectivity index (χ0v) is 15.7. The average molecular weight is 354 g/mol. The van der Waals surface area contributed by atoms with E-state index in [0.717, 1.165) is 43.0 Å². The number of likely N-dealkylation sites (tertiary alicyclic amines) is 1. The molecule has 0 saturated carbocycles. The largest absolute Gasteiger partial charge is 0.452 e. The number of amides is 1. The SMILES string of the molecule is Cc1cc(C(=O)OCC(=O)N2CCCC(C)C2)c(C)n1-c1ccccc1. The molecule has 1 aromatic heterocycles. The lowest BCUT2D eigenvalue weighted by molar-refractivity contribution is -0.136. The number of piperidine rings is 1. The van der Waals surface area contributed by atoms with Gasteiger partial charge in [-0.1, -0.05) is 25.1 Å². The second kappa shape index (κ2) is 7.77. The summed E-state index contributed by atoms with van der Waals surface area (Å²) in [7, 11) is 0. The fourth-order valence-corrected chi connectivity index (χ4v) is 3.66. The number of ether oxygens (including phenoxy) is 1. The van der Waals surface area contributed by atoms with Crippen molar-refractivity contribution in [3.63, 3.8) is 0 Å². The lowest BCUT2D eigenvalue weighted by Crippen LogP contribution is -2.41. The van der Waals surface area contributed by atoms with E-state index >= 15 is 0 Å². The molecule has 1 amide bonds. The van der Waals surface area contributed by atoms with Crippen molar-refractivity contribution in [3.8, 4) is 5.69 Å². The Morgan fingerprint density at radius 2 is 1.92 bits per heavy atom. The average Bonchev–Trinajstić information content (AvgIpc) is 2.94. The molecule has 1 saturated heterocycles. The molecule has 0 bridgehead atoms. The standard InChI is InChI=1S/C21H26N2O3/c1-15-8-7-11-22(13-15)20(24)14-26-21(25)19-12-16(2)23(17(19)3)18-9-5-4-6-10-18/h4-6,9-10,12,15H,7-8,11,13-14H2,1-3H3. The number of hydrogen-bond donors (Lipinski definition) is 0. The first-order chi connectivity index (χ1) is 12.5. The highest BCUT2D eigenvalue weighted by atomic mass is 16.5. The highest BCUT2D eigenvalue weighted by molar-refractivity contribution is 5.93. The van der Waals surface area contributed by atoms with Crippen LogP contribution in [0.4, 0.5) is 0 Å². The van der Waals surface area contributed by atoms with Crippen molar-refractivity contribution in [2.24, 2.45) is 5.92 Å². The van der Waals surface area contributed by atoms with Gasteiger partial charge in [0.15, 0.2) is 6.61 Å². The number of carbonyl (C=O) groups is 2. The van der Waals surface area contributed by atoms with Gasteiger partial charge in [-0.3, -0.25) is 4.79 Å². The Morgan fingerprint density at radius 1 is 1.19 bits per heavy atom. The first-order valence-electron chi connectivity index (χ1n) is 9.16. The van der Waals surface area contributed by atoms with Crippen LogP contribution in [-0.4, -0.2) is 41.0 Å². The molecule has 0 spiro atoms. The van der Waals surface area contributed by atoms with Crippen LogP contribution in [0.5, 0.6) is 0 Å². The zero-order valence-electron chi connectivity index (χ0n) is 15.7. The third kappa shape index (κ3) is 3.82. The monoisotopic (exact) mass is 354 g/mol. The van der Waals surface area contributed by atoms with Gasteiger partial charge >= 0.3 is 5.97 Å². The molecule has 1 aliphatic heterocycles. The van der Waals surface area contributed by atoms with Gasteiger partial charge in [-0.25, -0.2) is 4.79 Å². The molecule has 5 heteroatoms. The predicted molar refractivity (Wildman–Crippen MR) is 101 cm³/mol. The predicted octanol–water partition coefficient (Wildman–Crippen LogP) is 3.51. The number of aryl methyl sites for hydroxylation is 1. The number of benzene rings is 1. The van der Waals surface area contributed by atoms with E-state index in [9.17, 15) is 9.59 Å². The van der Waals surface area contributed by atoms with Crippen molar-refractivity contribution >= 4 is 11.9 Å². The third-order valence-corrected chi connectivity index (χ3v) is 5.00. The number of rotatable bonds is 4. The molecule has 1 atom stereocenters. The van der Waals surface area contributed by atoms with Gasteiger partial charge in [-0.2, -0.15) is 0 Å². The Morgan fingerprint density at radius 3 is 2.62 bits per heavy atom. The molecule has 0 N–H and O–H groups in total. The summed E-state index contributed by atoms with van der Waals surface area (Å²) in [5.41, 5.74) is 3.28. The molecule has 0 radical (unpaired) electrons. The van der Waals surface area contributed by atoms with Gasteiger partial charge in [0, 0.05) is 30.2 Å². The Hall–Kier alpha value is -2.56. The fourth-order valence-electron chi connectivity index (χ4n) is 3.66. The van der Waals surface area contributed by atoms with Crippen LogP contribution in [0.3, 0.4) is 0 Å². The van der Waals surface area contributed by atoms with E-state index < -0.39 is 5.97 Å². The van der Waals surface area contributed by atoms with E-state index in [2.05, 4.69) is 6.92 Å². The van der Waals surface area contributed by atoms with Gasteiger partial charge in [-0.15, -0.1) is 0 Å². The van der Waals surface area contributed by atoms with Gasteiger partial charge in [0.1, 0.15) is 0 Å². The summed E-state index contributed by atoms with van der Waals surface area (Å²) in [6.45, 7) is 7.30. The third-order valence-electron chi connectivity index (χ3n) is 5.00. The lowest BCUT2D eigenvalue weighted by atomic mass is 10.0. The summed E-state index contributed by atoms with van der Waals surface area (Å²) in [5, 5.41) is 0. The van der Waals surface area contributed by atoms with Gasteiger partial charge in [0.05, 0.1) is 5.56 Å². The van der Waals surface area contributed by atoms with Gasteiger partial charge < -0.3 is 14.2 Å². The molecule has 1 fully saturated rings. The van der Waals surface area contributed by atoms with Gasteiger partial charge in [0.2, 0.25) is 0 Å². The van der Waals surface area contributed by atoms with Crippen LogP contribution < -0.4 is 0 Å². The fraction of sp³-hybridized carbons (Fsp3) is 0.429. The highest BCUT2D eigenvalue weighted by Crippen LogP contribution is 2.21. The van der Waals surface area contributed by atoms with Crippen molar-refractivity contribution in [2.45, 2.75) is 33.6 Å². The Bertz CT molecular complexity index is 795. The molecular formula is C21H26N2O3. The Kier molecular flexibility index (Phi) is 5.45. The van der Waals surface area contributed by atoms with Crippen molar-refractivity contribution in [2.75, 3.05) is 19.7 Å². The van der Waals surface area contributed by atoms with Crippen molar-refractivity contribution in [3.05, 3.63) is 53.3 Å². The molecule has 2 heterocycles.